The van der Waals surface area contributed by atoms with E-state index in [0.717, 1.165) is 39.1 Å². The molecule has 9 heteroatoms. The Kier molecular flexibility index (Phi) is 7.21. The van der Waals surface area contributed by atoms with Gasteiger partial charge in [-0.3, -0.25) is 19.8 Å². The van der Waals surface area contributed by atoms with E-state index in [0.29, 0.717) is 22.9 Å². The summed E-state index contributed by atoms with van der Waals surface area (Å²) in [6.07, 6.45) is 1.04. The maximum Gasteiger partial charge on any atom is 0.270 e. The Hall–Kier alpha value is -3.14. The second kappa shape index (κ2) is 10.4. The molecule has 166 valence electrons. The van der Waals surface area contributed by atoms with Crippen LogP contribution in [-0.2, 0) is 11.2 Å². The standard InChI is InChI=1S/C23H25N5O3S/c29-22(16-27-13-11-26(12-14-27)10-9-18-5-2-1-3-6-18)25-23-24-21(17-32-23)19-7-4-8-20(15-19)28(30)31/h1-8,15,17H,9-14,16H2,(H,24,25,29). The highest BCUT2D eigenvalue weighted by Gasteiger charge is 2.19. The van der Waals surface area contributed by atoms with Gasteiger partial charge in [0.15, 0.2) is 5.13 Å². The fourth-order valence-corrected chi connectivity index (χ4v) is 4.44. The number of amides is 1. The number of nitrogens with zero attached hydrogens (tertiary/aromatic N) is 4. The van der Waals surface area contributed by atoms with Crippen molar-refractivity contribution in [2.75, 3.05) is 44.6 Å². The quantitative estimate of drug-likeness (QED) is 0.416. The number of carbonyl (C=O) groups is 1. The molecule has 8 nitrogen and oxygen atoms in total. The third kappa shape index (κ3) is 5.97. The Morgan fingerprint density at radius 1 is 1.06 bits per heavy atom. The Bertz CT molecular complexity index is 1060. The number of anilines is 1. The van der Waals surface area contributed by atoms with Crippen molar-refractivity contribution in [2.24, 2.45) is 0 Å². The molecular weight excluding hydrogens is 426 g/mol. The third-order valence-electron chi connectivity index (χ3n) is 5.49. The molecule has 1 amide bonds. The molecule has 0 radical (unpaired) electrons. The molecule has 1 N–H and O–H groups in total. The molecule has 32 heavy (non-hydrogen) atoms. The molecule has 4 rings (SSSR count). The molecule has 0 spiro atoms. The summed E-state index contributed by atoms with van der Waals surface area (Å²) in [5.74, 6) is -0.0947. The van der Waals surface area contributed by atoms with Gasteiger partial charge < -0.3 is 10.2 Å². The lowest BCUT2D eigenvalue weighted by Crippen LogP contribution is -2.49. The molecule has 1 aliphatic heterocycles. The minimum absolute atomic E-state index is 0.0176. The van der Waals surface area contributed by atoms with Crippen molar-refractivity contribution >= 4 is 28.1 Å². The van der Waals surface area contributed by atoms with E-state index in [1.165, 1.54) is 29.0 Å². The zero-order valence-electron chi connectivity index (χ0n) is 17.6. The number of nitro groups is 1. The monoisotopic (exact) mass is 451 g/mol. The summed E-state index contributed by atoms with van der Waals surface area (Å²) in [6, 6.07) is 16.8. The van der Waals surface area contributed by atoms with Crippen LogP contribution in [0.3, 0.4) is 0 Å². The van der Waals surface area contributed by atoms with Crippen LogP contribution in [-0.4, -0.2) is 64.9 Å². The molecule has 0 bridgehead atoms. The van der Waals surface area contributed by atoms with E-state index in [1.54, 1.807) is 17.5 Å². The third-order valence-corrected chi connectivity index (χ3v) is 6.25. The van der Waals surface area contributed by atoms with Crippen molar-refractivity contribution in [3.8, 4) is 11.3 Å². The van der Waals surface area contributed by atoms with Crippen molar-refractivity contribution in [3.05, 3.63) is 75.7 Å². The smallest absolute Gasteiger partial charge is 0.270 e. The Balaban J connectivity index is 1.23. The van der Waals surface area contributed by atoms with Gasteiger partial charge in [-0.05, 0) is 12.0 Å². The normalized spacial score (nSPS) is 14.9. The van der Waals surface area contributed by atoms with Crippen LogP contribution in [0, 0.1) is 10.1 Å². The largest absolute Gasteiger partial charge is 0.301 e. The molecule has 1 saturated heterocycles. The van der Waals surface area contributed by atoms with Gasteiger partial charge in [0.1, 0.15) is 0 Å². The van der Waals surface area contributed by atoms with Crippen LogP contribution in [0.2, 0.25) is 0 Å². The minimum Gasteiger partial charge on any atom is -0.301 e. The maximum absolute atomic E-state index is 12.5. The van der Waals surface area contributed by atoms with Crippen LogP contribution >= 0.6 is 11.3 Å². The summed E-state index contributed by atoms with van der Waals surface area (Å²) >= 11 is 1.31. The molecule has 1 aromatic heterocycles. The molecule has 0 saturated carbocycles. The average molecular weight is 452 g/mol. The van der Waals surface area contributed by atoms with Gasteiger partial charge in [-0.25, -0.2) is 4.98 Å². The van der Waals surface area contributed by atoms with Gasteiger partial charge in [0, 0.05) is 55.8 Å². The number of nitrogens with one attached hydrogen (secondary N) is 1. The number of hydrogen-bond acceptors (Lipinski definition) is 7. The second-order valence-corrected chi connectivity index (χ2v) is 8.61. The van der Waals surface area contributed by atoms with E-state index in [4.69, 9.17) is 0 Å². The van der Waals surface area contributed by atoms with Crippen LogP contribution in [0.1, 0.15) is 5.56 Å². The fourth-order valence-electron chi connectivity index (χ4n) is 3.71. The van der Waals surface area contributed by atoms with Gasteiger partial charge in [-0.1, -0.05) is 42.5 Å². The van der Waals surface area contributed by atoms with E-state index in [-0.39, 0.29) is 11.6 Å². The van der Waals surface area contributed by atoms with Crippen LogP contribution in [0.15, 0.2) is 60.0 Å². The molecule has 1 fully saturated rings. The first-order valence-electron chi connectivity index (χ1n) is 10.6. The second-order valence-electron chi connectivity index (χ2n) is 7.75. The molecule has 2 heterocycles. The zero-order chi connectivity index (χ0) is 22.3. The van der Waals surface area contributed by atoms with Gasteiger partial charge in [0.2, 0.25) is 5.91 Å². The Labute approximate surface area is 190 Å². The van der Waals surface area contributed by atoms with E-state index in [1.807, 2.05) is 6.07 Å². The van der Waals surface area contributed by atoms with E-state index >= 15 is 0 Å². The van der Waals surface area contributed by atoms with E-state index < -0.39 is 4.92 Å². The first-order valence-corrected chi connectivity index (χ1v) is 11.4. The van der Waals surface area contributed by atoms with Crippen LogP contribution in [0.4, 0.5) is 10.8 Å². The van der Waals surface area contributed by atoms with Gasteiger partial charge in [0.05, 0.1) is 17.2 Å². The highest BCUT2D eigenvalue weighted by molar-refractivity contribution is 7.14. The minimum atomic E-state index is -0.431. The number of nitro benzene ring substituents is 1. The van der Waals surface area contributed by atoms with Gasteiger partial charge in [0.25, 0.3) is 5.69 Å². The van der Waals surface area contributed by atoms with Crippen molar-refractivity contribution < 1.29 is 9.72 Å². The average Bonchev–Trinajstić information content (AvgIpc) is 3.28. The van der Waals surface area contributed by atoms with E-state index in [2.05, 4.69) is 44.4 Å². The molecule has 3 aromatic rings. The summed E-state index contributed by atoms with van der Waals surface area (Å²) in [5, 5.41) is 16.1. The van der Waals surface area contributed by atoms with Crippen LogP contribution < -0.4 is 5.32 Å². The summed E-state index contributed by atoms with van der Waals surface area (Å²) in [6.45, 7) is 4.99. The Morgan fingerprint density at radius 2 is 1.81 bits per heavy atom. The Morgan fingerprint density at radius 3 is 2.56 bits per heavy atom. The molecular formula is C23H25N5O3S. The van der Waals surface area contributed by atoms with Gasteiger partial charge in [-0.2, -0.15) is 0 Å². The molecule has 0 unspecified atom stereocenters. The predicted molar refractivity (Wildman–Crippen MR) is 126 cm³/mol. The molecule has 1 aliphatic rings. The van der Waals surface area contributed by atoms with Crippen molar-refractivity contribution in [1.29, 1.82) is 0 Å². The summed E-state index contributed by atoms with van der Waals surface area (Å²) in [7, 11) is 0. The molecule has 0 aliphatic carbocycles. The number of non-ortho nitro benzene ring substituents is 1. The zero-order valence-corrected chi connectivity index (χ0v) is 18.5. The number of hydrogen-bond donors (Lipinski definition) is 1. The fraction of sp³-hybridized carbons (Fsp3) is 0.304. The SMILES string of the molecule is O=C(CN1CCN(CCc2ccccc2)CC1)Nc1nc(-c2cccc([N+](=O)[O-])c2)cs1. The lowest BCUT2D eigenvalue weighted by atomic mass is 10.1. The highest BCUT2D eigenvalue weighted by atomic mass is 32.1. The number of carbonyl (C=O) groups excluding carboxylic acids is 1. The molecule has 0 atom stereocenters. The summed E-state index contributed by atoms with van der Waals surface area (Å²) in [4.78, 5) is 32.0. The molecule has 2 aromatic carbocycles. The number of piperazine rings is 1. The van der Waals surface area contributed by atoms with Gasteiger partial charge >= 0.3 is 0 Å². The predicted octanol–water partition coefficient (Wildman–Crippen LogP) is 3.52. The van der Waals surface area contributed by atoms with Crippen molar-refractivity contribution in [1.82, 2.24) is 14.8 Å². The van der Waals surface area contributed by atoms with Crippen LogP contribution in [0.25, 0.3) is 11.3 Å². The summed E-state index contributed by atoms with van der Waals surface area (Å²) in [5.41, 5.74) is 2.63. The maximum atomic E-state index is 12.5. The van der Waals surface area contributed by atoms with Gasteiger partial charge in [-0.15, -0.1) is 11.3 Å². The summed E-state index contributed by atoms with van der Waals surface area (Å²) < 4.78 is 0. The van der Waals surface area contributed by atoms with E-state index in [9.17, 15) is 14.9 Å². The number of rotatable bonds is 8. The lowest BCUT2D eigenvalue weighted by Gasteiger charge is -2.34. The first-order chi connectivity index (χ1) is 15.6. The number of aromatic nitrogens is 1. The first kappa shape index (κ1) is 22.1. The number of thiazole rings is 1. The highest BCUT2D eigenvalue weighted by Crippen LogP contribution is 2.27. The van der Waals surface area contributed by atoms with Crippen molar-refractivity contribution in [2.45, 2.75) is 6.42 Å². The van der Waals surface area contributed by atoms with Crippen molar-refractivity contribution in [3.63, 3.8) is 0 Å². The number of benzene rings is 2. The topological polar surface area (TPSA) is 91.6 Å². The lowest BCUT2D eigenvalue weighted by molar-refractivity contribution is -0.384. The van der Waals surface area contributed by atoms with Crippen LogP contribution in [0.5, 0.6) is 0 Å².